The van der Waals surface area contributed by atoms with Crippen LogP contribution in [0.4, 0.5) is 0 Å². The maximum absolute atomic E-state index is 13.2. The number of hydrogen-bond donors (Lipinski definition) is 1. The molecule has 2 heterocycles. The van der Waals surface area contributed by atoms with Crippen molar-refractivity contribution >= 4 is 15.9 Å². The predicted octanol–water partition coefficient (Wildman–Crippen LogP) is 3.20. The SMILES string of the molecule is CC1CCN([C@H](C)CNC(=O)C2CCN(S(=O)(=O)c3ccc4c(c3)CCCC4)CC2)CC1. The quantitative estimate of drug-likeness (QED) is 0.706. The first-order valence-corrected chi connectivity index (χ1v) is 13.9. The number of sulfonamides is 1. The Kier molecular flexibility index (Phi) is 7.58. The van der Waals surface area contributed by atoms with Gasteiger partial charge in [0.05, 0.1) is 4.90 Å². The standard InChI is InChI=1S/C25H39N3O3S/c1-19-9-13-27(14-10-19)20(2)18-26-25(29)22-11-15-28(16-12-22)32(30,31)24-8-7-21-5-3-4-6-23(21)17-24/h7-8,17,19-20,22H,3-6,9-16,18H2,1-2H3,(H,26,29)/t20-/m1/s1. The minimum atomic E-state index is -3.49. The smallest absolute Gasteiger partial charge is 0.243 e. The minimum absolute atomic E-state index is 0.0769. The zero-order valence-electron chi connectivity index (χ0n) is 19.7. The number of amides is 1. The second kappa shape index (κ2) is 10.2. The fourth-order valence-electron chi connectivity index (χ4n) is 5.37. The van der Waals surface area contributed by atoms with Crippen molar-refractivity contribution in [1.29, 1.82) is 0 Å². The Morgan fingerprint density at radius 2 is 1.69 bits per heavy atom. The number of carbonyl (C=O) groups excluding carboxylic acids is 1. The number of benzene rings is 1. The van der Waals surface area contributed by atoms with E-state index in [1.54, 1.807) is 10.4 Å². The van der Waals surface area contributed by atoms with Gasteiger partial charge >= 0.3 is 0 Å². The van der Waals surface area contributed by atoms with Crippen molar-refractivity contribution in [3.8, 4) is 0 Å². The third kappa shape index (κ3) is 5.37. The third-order valence-corrected chi connectivity index (χ3v) is 9.69. The lowest BCUT2D eigenvalue weighted by molar-refractivity contribution is -0.126. The Morgan fingerprint density at radius 1 is 1.03 bits per heavy atom. The van der Waals surface area contributed by atoms with Crippen LogP contribution in [0, 0.1) is 11.8 Å². The van der Waals surface area contributed by atoms with Gasteiger partial charge in [-0.3, -0.25) is 9.69 Å². The van der Waals surface area contributed by atoms with E-state index in [2.05, 4.69) is 24.1 Å². The molecule has 3 aliphatic rings. The number of likely N-dealkylation sites (tertiary alicyclic amines) is 1. The number of nitrogens with one attached hydrogen (secondary N) is 1. The lowest BCUT2D eigenvalue weighted by Crippen LogP contribution is -2.48. The van der Waals surface area contributed by atoms with Gasteiger partial charge in [0, 0.05) is 31.6 Å². The molecule has 178 valence electrons. The van der Waals surface area contributed by atoms with Gasteiger partial charge in [-0.15, -0.1) is 0 Å². The van der Waals surface area contributed by atoms with Crippen molar-refractivity contribution in [2.45, 2.75) is 76.2 Å². The highest BCUT2D eigenvalue weighted by atomic mass is 32.2. The number of carbonyl (C=O) groups is 1. The van der Waals surface area contributed by atoms with E-state index in [9.17, 15) is 13.2 Å². The van der Waals surface area contributed by atoms with Crippen LogP contribution in [-0.4, -0.2) is 62.3 Å². The first kappa shape index (κ1) is 23.7. The summed E-state index contributed by atoms with van der Waals surface area (Å²) in [7, 11) is -3.49. The van der Waals surface area contributed by atoms with E-state index < -0.39 is 10.0 Å². The fourth-order valence-corrected chi connectivity index (χ4v) is 6.89. The predicted molar refractivity (Wildman–Crippen MR) is 127 cm³/mol. The normalized spacial score (nSPS) is 22.9. The molecule has 2 fully saturated rings. The van der Waals surface area contributed by atoms with E-state index in [0.717, 1.165) is 38.3 Å². The average Bonchev–Trinajstić information content (AvgIpc) is 2.82. The Bertz CT molecular complexity index is 901. The Balaban J connectivity index is 1.27. The van der Waals surface area contributed by atoms with Crippen LogP contribution in [0.1, 0.15) is 63.5 Å². The number of fused-ring (bicyclic) bond motifs is 1. The number of aryl methyl sites for hydroxylation is 2. The van der Waals surface area contributed by atoms with Gasteiger partial charge in [-0.05, 0) is 101 Å². The van der Waals surface area contributed by atoms with E-state index in [-0.39, 0.29) is 11.8 Å². The van der Waals surface area contributed by atoms with E-state index in [1.807, 2.05) is 12.1 Å². The van der Waals surface area contributed by atoms with E-state index >= 15 is 0 Å². The molecule has 6 nitrogen and oxygen atoms in total. The molecule has 1 N–H and O–H groups in total. The molecule has 1 atom stereocenters. The van der Waals surface area contributed by atoms with Gasteiger partial charge < -0.3 is 5.32 Å². The molecule has 2 saturated heterocycles. The highest BCUT2D eigenvalue weighted by Crippen LogP contribution is 2.28. The molecule has 1 aliphatic carbocycles. The second-order valence-corrected chi connectivity index (χ2v) is 12.1. The molecule has 1 aromatic carbocycles. The first-order valence-electron chi connectivity index (χ1n) is 12.5. The topological polar surface area (TPSA) is 69.7 Å². The van der Waals surface area contributed by atoms with Gasteiger partial charge in [0.25, 0.3) is 0 Å². The van der Waals surface area contributed by atoms with Crippen LogP contribution >= 0.6 is 0 Å². The van der Waals surface area contributed by atoms with Crippen molar-refractivity contribution in [2.24, 2.45) is 11.8 Å². The average molecular weight is 462 g/mol. The lowest BCUT2D eigenvalue weighted by Gasteiger charge is -2.35. The summed E-state index contributed by atoms with van der Waals surface area (Å²) in [5.41, 5.74) is 2.47. The largest absolute Gasteiger partial charge is 0.354 e. The van der Waals surface area contributed by atoms with Crippen molar-refractivity contribution in [1.82, 2.24) is 14.5 Å². The van der Waals surface area contributed by atoms with Crippen LogP contribution in [0.25, 0.3) is 0 Å². The lowest BCUT2D eigenvalue weighted by atomic mass is 9.92. The van der Waals surface area contributed by atoms with E-state index in [1.165, 1.54) is 30.4 Å². The van der Waals surface area contributed by atoms with E-state index in [0.29, 0.717) is 43.4 Å². The number of piperidine rings is 2. The molecule has 0 bridgehead atoms. The molecule has 4 rings (SSSR count). The molecular weight excluding hydrogens is 422 g/mol. The highest BCUT2D eigenvalue weighted by molar-refractivity contribution is 7.89. The molecule has 0 spiro atoms. The Hall–Kier alpha value is -1.44. The molecule has 7 heteroatoms. The van der Waals surface area contributed by atoms with Gasteiger partial charge in [-0.25, -0.2) is 8.42 Å². The Labute approximate surface area is 193 Å². The van der Waals surface area contributed by atoms with Crippen molar-refractivity contribution in [3.05, 3.63) is 29.3 Å². The molecule has 1 amide bonds. The molecular formula is C25H39N3O3S. The summed E-state index contributed by atoms with van der Waals surface area (Å²) in [5, 5.41) is 3.13. The molecule has 0 radical (unpaired) electrons. The zero-order valence-corrected chi connectivity index (χ0v) is 20.5. The number of hydrogen-bond acceptors (Lipinski definition) is 4. The maximum Gasteiger partial charge on any atom is 0.243 e. The maximum atomic E-state index is 13.2. The van der Waals surface area contributed by atoms with E-state index in [4.69, 9.17) is 0 Å². The van der Waals surface area contributed by atoms with Crippen molar-refractivity contribution in [3.63, 3.8) is 0 Å². The van der Waals surface area contributed by atoms with Crippen LogP contribution in [0.3, 0.4) is 0 Å². The van der Waals surface area contributed by atoms with Gasteiger partial charge in [0.15, 0.2) is 0 Å². The summed E-state index contributed by atoms with van der Waals surface area (Å²) >= 11 is 0. The van der Waals surface area contributed by atoms with Crippen LogP contribution in [-0.2, 0) is 27.7 Å². The van der Waals surface area contributed by atoms with Crippen LogP contribution in [0.2, 0.25) is 0 Å². The fraction of sp³-hybridized carbons (Fsp3) is 0.720. The summed E-state index contributed by atoms with van der Waals surface area (Å²) in [5.74, 6) is 0.780. The van der Waals surface area contributed by atoms with Crippen LogP contribution < -0.4 is 5.32 Å². The Morgan fingerprint density at radius 3 is 2.38 bits per heavy atom. The van der Waals surface area contributed by atoms with Gasteiger partial charge in [0.2, 0.25) is 15.9 Å². The summed E-state index contributed by atoms with van der Waals surface area (Å²) < 4.78 is 27.9. The number of rotatable bonds is 6. The summed E-state index contributed by atoms with van der Waals surface area (Å²) in [4.78, 5) is 15.6. The molecule has 0 aromatic heterocycles. The van der Waals surface area contributed by atoms with Crippen molar-refractivity contribution in [2.75, 3.05) is 32.7 Å². The third-order valence-electron chi connectivity index (χ3n) is 7.80. The summed E-state index contributed by atoms with van der Waals surface area (Å²) in [6.07, 6.45) is 7.97. The second-order valence-electron chi connectivity index (χ2n) is 10.1. The first-order chi connectivity index (χ1) is 15.3. The zero-order chi connectivity index (χ0) is 22.7. The molecule has 0 unspecified atom stereocenters. The molecule has 2 aliphatic heterocycles. The van der Waals surface area contributed by atoms with Gasteiger partial charge in [0.1, 0.15) is 0 Å². The highest BCUT2D eigenvalue weighted by Gasteiger charge is 2.33. The number of nitrogens with zero attached hydrogens (tertiary/aromatic N) is 2. The van der Waals surface area contributed by atoms with Crippen LogP contribution in [0.5, 0.6) is 0 Å². The molecule has 32 heavy (non-hydrogen) atoms. The van der Waals surface area contributed by atoms with Gasteiger partial charge in [-0.2, -0.15) is 4.31 Å². The van der Waals surface area contributed by atoms with Gasteiger partial charge in [-0.1, -0.05) is 13.0 Å². The molecule has 0 saturated carbocycles. The van der Waals surface area contributed by atoms with Crippen LogP contribution in [0.15, 0.2) is 23.1 Å². The molecule has 1 aromatic rings. The monoisotopic (exact) mass is 461 g/mol. The van der Waals surface area contributed by atoms with Crippen molar-refractivity contribution < 1.29 is 13.2 Å². The minimum Gasteiger partial charge on any atom is -0.354 e. The summed E-state index contributed by atoms with van der Waals surface area (Å²) in [6.45, 7) is 8.20. The summed E-state index contributed by atoms with van der Waals surface area (Å²) in [6, 6.07) is 5.98.